The van der Waals surface area contributed by atoms with E-state index in [0.29, 0.717) is 0 Å². The number of hydrogen-bond donors (Lipinski definition) is 1. The Hall–Kier alpha value is -1.23. The summed E-state index contributed by atoms with van der Waals surface area (Å²) in [5, 5.41) is -0.118. The molecule has 0 aromatic carbocycles. The molecule has 0 spiro atoms. The second-order valence-electron chi connectivity index (χ2n) is 1.71. The number of rotatable bonds is 1. The molecule has 0 aliphatic rings. The van der Waals surface area contributed by atoms with E-state index in [2.05, 4.69) is 9.97 Å². The zero-order valence-corrected chi connectivity index (χ0v) is 5.97. The highest BCUT2D eigenvalue weighted by atomic mass is 35.5. The predicted molar refractivity (Wildman–Crippen MR) is 36.9 cm³/mol. The third-order valence-electron chi connectivity index (χ3n) is 1.00. The van der Waals surface area contributed by atoms with Gasteiger partial charge >= 0.3 is 6.04 Å². The number of carbonyl (C=O) groups is 1. The van der Waals surface area contributed by atoms with E-state index in [1.54, 1.807) is 0 Å². The first kappa shape index (κ1) is 7.87. The van der Waals surface area contributed by atoms with Crippen LogP contribution in [0.25, 0.3) is 0 Å². The minimum absolute atomic E-state index is 0.118. The molecule has 0 radical (unpaired) electrons. The summed E-state index contributed by atoms with van der Waals surface area (Å²) in [6.45, 7) is 0. The largest absolute Gasteiger partial charge is 0.383 e. The number of halogens is 2. The van der Waals surface area contributed by atoms with Crippen molar-refractivity contribution in [2.45, 2.75) is 0 Å². The van der Waals surface area contributed by atoms with Crippen LogP contribution in [0, 0.1) is 0 Å². The zero-order chi connectivity index (χ0) is 8.43. The van der Waals surface area contributed by atoms with Crippen molar-refractivity contribution in [3.05, 3.63) is 17.0 Å². The fourth-order valence-electron chi connectivity index (χ4n) is 0.524. The second kappa shape index (κ2) is 2.79. The van der Waals surface area contributed by atoms with Gasteiger partial charge in [-0.25, -0.2) is 9.97 Å². The first-order valence-electron chi connectivity index (χ1n) is 2.59. The van der Waals surface area contributed by atoms with Gasteiger partial charge in [-0.15, -0.1) is 0 Å². The molecule has 1 rings (SSSR count). The third-order valence-corrected chi connectivity index (χ3v) is 1.18. The van der Waals surface area contributed by atoms with Crippen molar-refractivity contribution in [1.29, 1.82) is 0 Å². The maximum atomic E-state index is 12.0. The number of anilines is 1. The summed E-state index contributed by atoms with van der Waals surface area (Å²) in [6.07, 6.45) is 0.938. The van der Waals surface area contributed by atoms with Crippen LogP contribution in [0.1, 0.15) is 10.4 Å². The third kappa shape index (κ3) is 1.62. The normalized spacial score (nSPS) is 9.64. The molecule has 0 atom stereocenters. The monoisotopic (exact) mass is 175 g/mol. The van der Waals surface area contributed by atoms with Crippen molar-refractivity contribution < 1.29 is 9.18 Å². The highest BCUT2D eigenvalue weighted by molar-refractivity contribution is 6.28. The van der Waals surface area contributed by atoms with Gasteiger partial charge in [-0.1, -0.05) is 0 Å². The summed E-state index contributed by atoms with van der Waals surface area (Å²) in [4.78, 5) is 16.8. The molecular weight excluding hydrogens is 173 g/mol. The number of carbonyl (C=O) groups excluding carboxylic acids is 1. The Morgan fingerprint density at radius 1 is 1.73 bits per heavy atom. The van der Waals surface area contributed by atoms with Crippen LogP contribution in [0.5, 0.6) is 0 Å². The Bertz CT molecular complexity index is 304. The van der Waals surface area contributed by atoms with E-state index in [9.17, 15) is 9.18 Å². The van der Waals surface area contributed by atoms with Crippen molar-refractivity contribution in [2.24, 2.45) is 0 Å². The molecule has 1 aromatic heterocycles. The standard InChI is InChI=1S/C5H3ClFN3O/c6-5-9-1-2(3(7)11)4(8)10-5/h1H,(H2,8,9,10). The lowest BCUT2D eigenvalue weighted by Crippen LogP contribution is -2.02. The van der Waals surface area contributed by atoms with E-state index in [0.717, 1.165) is 6.20 Å². The molecule has 1 heterocycles. The number of aromatic nitrogens is 2. The van der Waals surface area contributed by atoms with E-state index < -0.39 is 6.04 Å². The van der Waals surface area contributed by atoms with Gasteiger partial charge in [-0.3, -0.25) is 4.79 Å². The van der Waals surface area contributed by atoms with Gasteiger partial charge in [0, 0.05) is 6.20 Å². The highest BCUT2D eigenvalue weighted by Gasteiger charge is 2.09. The smallest absolute Gasteiger partial charge is 0.337 e. The number of nitrogens with zero attached hydrogens (tertiary/aromatic N) is 2. The Balaban J connectivity index is 3.20. The van der Waals surface area contributed by atoms with Gasteiger partial charge in [0.05, 0.1) is 0 Å². The fourth-order valence-corrected chi connectivity index (χ4v) is 0.664. The van der Waals surface area contributed by atoms with Crippen LogP contribution in [0.15, 0.2) is 6.20 Å². The first-order chi connectivity index (χ1) is 5.11. The maximum absolute atomic E-state index is 12.0. The molecule has 1 aromatic rings. The van der Waals surface area contributed by atoms with Gasteiger partial charge in [0.1, 0.15) is 11.4 Å². The van der Waals surface area contributed by atoms with Crippen LogP contribution in [0.3, 0.4) is 0 Å². The van der Waals surface area contributed by atoms with E-state index in [4.69, 9.17) is 17.3 Å². The molecule has 0 saturated carbocycles. The molecule has 6 heteroatoms. The van der Waals surface area contributed by atoms with Crippen molar-refractivity contribution in [1.82, 2.24) is 9.97 Å². The van der Waals surface area contributed by atoms with Crippen LogP contribution >= 0.6 is 11.6 Å². The van der Waals surface area contributed by atoms with E-state index in [1.807, 2.05) is 0 Å². The van der Waals surface area contributed by atoms with E-state index in [-0.39, 0.29) is 16.7 Å². The molecule has 0 fully saturated rings. The maximum Gasteiger partial charge on any atom is 0.337 e. The first-order valence-corrected chi connectivity index (χ1v) is 2.97. The Labute approximate surface area is 66.2 Å². The quantitative estimate of drug-likeness (QED) is 0.507. The van der Waals surface area contributed by atoms with Crippen molar-refractivity contribution in [3.8, 4) is 0 Å². The van der Waals surface area contributed by atoms with Crippen LogP contribution in [-0.4, -0.2) is 16.0 Å². The van der Waals surface area contributed by atoms with Gasteiger partial charge < -0.3 is 5.73 Å². The summed E-state index contributed by atoms with van der Waals surface area (Å²) in [7, 11) is 0. The lowest BCUT2D eigenvalue weighted by atomic mass is 10.3. The lowest BCUT2D eigenvalue weighted by Gasteiger charge is -1.95. The topological polar surface area (TPSA) is 68.9 Å². The SMILES string of the molecule is Nc1nc(Cl)ncc1C(=O)F. The summed E-state index contributed by atoms with van der Waals surface area (Å²) in [5.41, 5.74) is 4.76. The zero-order valence-electron chi connectivity index (χ0n) is 5.21. The highest BCUT2D eigenvalue weighted by Crippen LogP contribution is 2.10. The van der Waals surface area contributed by atoms with Crippen LogP contribution in [0.2, 0.25) is 5.28 Å². The van der Waals surface area contributed by atoms with Crippen molar-refractivity contribution in [3.63, 3.8) is 0 Å². The van der Waals surface area contributed by atoms with Gasteiger partial charge in [-0.2, -0.15) is 4.39 Å². The molecule has 0 aliphatic heterocycles. The molecule has 0 bridgehead atoms. The number of nitrogens with two attached hydrogens (primary N) is 1. The van der Waals surface area contributed by atoms with Crippen LogP contribution in [-0.2, 0) is 0 Å². The Morgan fingerprint density at radius 3 is 2.82 bits per heavy atom. The van der Waals surface area contributed by atoms with Crippen molar-refractivity contribution >= 4 is 23.5 Å². The second-order valence-corrected chi connectivity index (χ2v) is 2.05. The number of nitrogen functional groups attached to an aromatic ring is 1. The average Bonchev–Trinajstić information content (AvgIpc) is 1.85. The van der Waals surface area contributed by atoms with Gasteiger partial charge in [0.2, 0.25) is 5.28 Å². The van der Waals surface area contributed by atoms with Crippen molar-refractivity contribution in [2.75, 3.05) is 5.73 Å². The molecule has 0 saturated heterocycles. The molecule has 2 N–H and O–H groups in total. The summed E-state index contributed by atoms with van der Waals surface area (Å²) in [6, 6.07) is -1.67. The van der Waals surface area contributed by atoms with E-state index >= 15 is 0 Å². The van der Waals surface area contributed by atoms with Crippen LogP contribution < -0.4 is 5.73 Å². The molecule has 0 aliphatic carbocycles. The molecule has 0 amide bonds. The van der Waals surface area contributed by atoms with Gasteiger partial charge in [0.25, 0.3) is 0 Å². The van der Waals surface area contributed by atoms with E-state index in [1.165, 1.54) is 0 Å². The Kier molecular flexibility index (Phi) is 2.00. The summed E-state index contributed by atoms with van der Waals surface area (Å²) >= 11 is 5.29. The molecular formula is C5H3ClFN3O. The molecule has 11 heavy (non-hydrogen) atoms. The summed E-state index contributed by atoms with van der Waals surface area (Å²) < 4.78 is 12.0. The predicted octanol–water partition coefficient (Wildman–Crippen LogP) is 0.822. The summed E-state index contributed by atoms with van der Waals surface area (Å²) in [5.74, 6) is -0.252. The molecule has 58 valence electrons. The molecule has 0 unspecified atom stereocenters. The molecule has 4 nitrogen and oxygen atoms in total. The fraction of sp³-hybridized carbons (Fsp3) is 0. The van der Waals surface area contributed by atoms with Gasteiger partial charge in [0.15, 0.2) is 0 Å². The van der Waals surface area contributed by atoms with Crippen LogP contribution in [0.4, 0.5) is 10.2 Å². The van der Waals surface area contributed by atoms with Gasteiger partial charge in [-0.05, 0) is 11.6 Å². The Morgan fingerprint density at radius 2 is 2.36 bits per heavy atom. The average molecular weight is 176 g/mol. The minimum atomic E-state index is -1.67. The lowest BCUT2D eigenvalue weighted by molar-refractivity contribution is 0.0836. The minimum Gasteiger partial charge on any atom is -0.383 e. The number of hydrogen-bond acceptors (Lipinski definition) is 4.